The molecule has 1 saturated heterocycles. The summed E-state index contributed by atoms with van der Waals surface area (Å²) in [5.41, 5.74) is 5.02. The summed E-state index contributed by atoms with van der Waals surface area (Å²) in [5.74, 6) is -0.0424. The molecule has 0 radical (unpaired) electrons. The molecule has 1 aliphatic heterocycles. The summed E-state index contributed by atoms with van der Waals surface area (Å²) in [6, 6.07) is 11.2. The number of benzene rings is 2. The summed E-state index contributed by atoms with van der Waals surface area (Å²) >= 11 is 0. The largest absolute Gasteiger partial charge is 0.325 e. The number of nitrogens with zero attached hydrogens (tertiary/aromatic N) is 1. The van der Waals surface area contributed by atoms with Gasteiger partial charge in [-0.1, -0.05) is 18.2 Å². The normalized spacial score (nSPS) is 16.0. The third-order valence-corrected chi connectivity index (χ3v) is 7.52. The lowest BCUT2D eigenvalue weighted by molar-refractivity contribution is -0.895. The lowest BCUT2D eigenvalue weighted by Gasteiger charge is -2.31. The number of hydrogen-bond donors (Lipinski definition) is 2. The molecule has 2 aromatic carbocycles. The van der Waals surface area contributed by atoms with E-state index in [0.29, 0.717) is 37.6 Å². The lowest BCUT2D eigenvalue weighted by atomic mass is 10.1. The smallest absolute Gasteiger partial charge is 0.279 e. The molecule has 0 saturated carbocycles. The fraction of sp³-hybridized carbons (Fsp3) is 0.409. The molecular formula is C22H30N3O3S+. The molecule has 0 aromatic heterocycles. The number of anilines is 1. The maximum Gasteiger partial charge on any atom is 0.279 e. The van der Waals surface area contributed by atoms with Gasteiger partial charge in [-0.3, -0.25) is 4.79 Å². The van der Waals surface area contributed by atoms with Crippen LogP contribution in [-0.2, 0) is 14.8 Å². The maximum atomic E-state index is 12.9. The van der Waals surface area contributed by atoms with E-state index in [1.807, 2.05) is 52.0 Å². The Balaban J connectivity index is 1.58. The second-order valence-electron chi connectivity index (χ2n) is 7.94. The van der Waals surface area contributed by atoms with Crippen molar-refractivity contribution in [2.75, 3.05) is 38.0 Å². The summed E-state index contributed by atoms with van der Waals surface area (Å²) in [6.45, 7) is 10.3. The van der Waals surface area contributed by atoms with Crippen molar-refractivity contribution in [2.45, 2.75) is 32.6 Å². The van der Waals surface area contributed by atoms with Crippen molar-refractivity contribution >= 4 is 21.6 Å². The summed E-state index contributed by atoms with van der Waals surface area (Å²) in [5, 5.41) is 2.99. The maximum absolute atomic E-state index is 12.9. The molecule has 1 heterocycles. The number of carbonyl (C=O) groups excluding carboxylic acids is 1. The standard InChI is InChI=1S/C22H29N3O3S/c1-16-5-6-18(3)21(13-16)23-22(26)15-24-9-11-25(12-10-24)29(27,28)20-8-7-17(2)19(4)14-20/h5-8,13-14H,9-12,15H2,1-4H3,(H,23,26)/p+1. The van der Waals surface area contributed by atoms with Gasteiger partial charge in [0.25, 0.3) is 5.91 Å². The average molecular weight is 417 g/mol. The minimum atomic E-state index is -3.49. The Kier molecular flexibility index (Phi) is 6.41. The molecule has 156 valence electrons. The third kappa shape index (κ3) is 5.04. The van der Waals surface area contributed by atoms with Gasteiger partial charge in [0.1, 0.15) is 0 Å². The van der Waals surface area contributed by atoms with Crippen molar-refractivity contribution in [1.82, 2.24) is 4.31 Å². The Hall–Kier alpha value is -2.22. The van der Waals surface area contributed by atoms with Crippen molar-refractivity contribution < 1.29 is 18.1 Å². The minimum Gasteiger partial charge on any atom is -0.325 e. The predicted molar refractivity (Wildman–Crippen MR) is 115 cm³/mol. The molecule has 3 rings (SSSR count). The number of hydrogen-bond acceptors (Lipinski definition) is 3. The molecule has 29 heavy (non-hydrogen) atoms. The van der Waals surface area contributed by atoms with E-state index < -0.39 is 10.0 Å². The van der Waals surface area contributed by atoms with Gasteiger partial charge in [0.2, 0.25) is 10.0 Å². The van der Waals surface area contributed by atoms with Gasteiger partial charge in [-0.2, -0.15) is 4.31 Å². The van der Waals surface area contributed by atoms with Crippen LogP contribution in [0.1, 0.15) is 22.3 Å². The Morgan fingerprint density at radius 2 is 1.62 bits per heavy atom. The molecule has 0 atom stereocenters. The second-order valence-corrected chi connectivity index (χ2v) is 9.88. The van der Waals surface area contributed by atoms with Crippen LogP contribution in [0.15, 0.2) is 41.3 Å². The van der Waals surface area contributed by atoms with Crippen molar-refractivity contribution in [1.29, 1.82) is 0 Å². The third-order valence-electron chi connectivity index (χ3n) is 5.62. The zero-order chi connectivity index (χ0) is 21.2. The number of rotatable bonds is 5. The molecule has 0 aliphatic carbocycles. The van der Waals surface area contributed by atoms with Crippen LogP contribution >= 0.6 is 0 Å². The van der Waals surface area contributed by atoms with Crippen molar-refractivity contribution in [3.8, 4) is 0 Å². The zero-order valence-electron chi connectivity index (χ0n) is 17.6. The molecular weight excluding hydrogens is 386 g/mol. The Bertz CT molecular complexity index is 1010. The van der Waals surface area contributed by atoms with Gasteiger partial charge in [-0.15, -0.1) is 0 Å². The van der Waals surface area contributed by atoms with Crippen LogP contribution in [0.2, 0.25) is 0 Å². The van der Waals surface area contributed by atoms with Gasteiger partial charge in [0.05, 0.1) is 31.1 Å². The summed E-state index contributed by atoms with van der Waals surface area (Å²) < 4.78 is 27.4. The quantitative estimate of drug-likeness (QED) is 0.775. The molecule has 0 bridgehead atoms. The summed E-state index contributed by atoms with van der Waals surface area (Å²) in [6.07, 6.45) is 0. The van der Waals surface area contributed by atoms with Gasteiger partial charge in [0, 0.05) is 5.69 Å². The van der Waals surface area contributed by atoms with E-state index in [-0.39, 0.29) is 5.91 Å². The Morgan fingerprint density at radius 1 is 0.966 bits per heavy atom. The highest BCUT2D eigenvalue weighted by Gasteiger charge is 2.31. The number of quaternary nitrogens is 1. The van der Waals surface area contributed by atoms with Gasteiger partial charge in [0.15, 0.2) is 6.54 Å². The molecule has 2 aromatic rings. The first-order chi connectivity index (χ1) is 13.7. The molecule has 0 spiro atoms. The number of piperazine rings is 1. The number of nitrogens with one attached hydrogen (secondary N) is 2. The highest BCUT2D eigenvalue weighted by molar-refractivity contribution is 7.89. The second kappa shape index (κ2) is 8.65. The first kappa shape index (κ1) is 21.5. The van der Waals surface area contributed by atoms with Crippen LogP contribution in [0.5, 0.6) is 0 Å². The van der Waals surface area contributed by atoms with Crippen LogP contribution in [0.4, 0.5) is 5.69 Å². The molecule has 7 heteroatoms. The first-order valence-electron chi connectivity index (χ1n) is 9.95. The van der Waals surface area contributed by atoms with Crippen LogP contribution < -0.4 is 10.2 Å². The molecule has 0 unspecified atom stereocenters. The van der Waals surface area contributed by atoms with Gasteiger partial charge < -0.3 is 10.2 Å². The molecule has 1 fully saturated rings. The van der Waals surface area contributed by atoms with E-state index >= 15 is 0 Å². The Morgan fingerprint density at radius 3 is 2.28 bits per heavy atom. The highest BCUT2D eigenvalue weighted by atomic mass is 32.2. The number of aryl methyl sites for hydroxylation is 4. The van der Waals surface area contributed by atoms with Gasteiger partial charge >= 0.3 is 0 Å². The van der Waals surface area contributed by atoms with E-state index in [1.165, 1.54) is 4.31 Å². The van der Waals surface area contributed by atoms with Crippen molar-refractivity contribution in [2.24, 2.45) is 0 Å². The fourth-order valence-corrected chi connectivity index (χ4v) is 5.06. The van der Waals surface area contributed by atoms with E-state index in [2.05, 4.69) is 5.32 Å². The molecule has 1 aliphatic rings. The van der Waals surface area contributed by atoms with E-state index in [0.717, 1.165) is 32.8 Å². The molecule has 2 N–H and O–H groups in total. The van der Waals surface area contributed by atoms with Crippen LogP contribution in [-0.4, -0.2) is 51.4 Å². The first-order valence-corrected chi connectivity index (χ1v) is 11.4. The Labute approximate surface area is 173 Å². The molecule has 6 nitrogen and oxygen atoms in total. The minimum absolute atomic E-state index is 0.0424. The van der Waals surface area contributed by atoms with Gasteiger partial charge in [-0.05, 0) is 68.1 Å². The van der Waals surface area contributed by atoms with Crippen LogP contribution in [0.3, 0.4) is 0 Å². The highest BCUT2D eigenvalue weighted by Crippen LogP contribution is 2.19. The van der Waals surface area contributed by atoms with Crippen molar-refractivity contribution in [3.05, 3.63) is 58.7 Å². The monoisotopic (exact) mass is 416 g/mol. The van der Waals surface area contributed by atoms with E-state index in [9.17, 15) is 13.2 Å². The number of amides is 1. The van der Waals surface area contributed by atoms with E-state index in [4.69, 9.17) is 0 Å². The van der Waals surface area contributed by atoms with Gasteiger partial charge in [-0.25, -0.2) is 8.42 Å². The average Bonchev–Trinajstić information content (AvgIpc) is 2.67. The SMILES string of the molecule is Cc1ccc(C)c(NC(=O)C[NH+]2CCN(S(=O)(=O)c3ccc(C)c(C)c3)CC2)c1. The summed E-state index contributed by atoms with van der Waals surface area (Å²) in [4.78, 5) is 13.9. The fourth-order valence-electron chi connectivity index (χ4n) is 3.53. The van der Waals surface area contributed by atoms with Crippen LogP contribution in [0, 0.1) is 27.7 Å². The van der Waals surface area contributed by atoms with Crippen LogP contribution in [0.25, 0.3) is 0 Å². The summed E-state index contributed by atoms with van der Waals surface area (Å²) in [7, 11) is -3.49. The predicted octanol–water partition coefficient (Wildman–Crippen LogP) is 1.45. The zero-order valence-corrected chi connectivity index (χ0v) is 18.4. The van der Waals surface area contributed by atoms with Crippen molar-refractivity contribution in [3.63, 3.8) is 0 Å². The topological polar surface area (TPSA) is 70.9 Å². The van der Waals surface area contributed by atoms with E-state index in [1.54, 1.807) is 12.1 Å². The number of carbonyl (C=O) groups is 1. The lowest BCUT2D eigenvalue weighted by Crippen LogP contribution is -3.15. The number of sulfonamides is 1. The molecule has 1 amide bonds.